The van der Waals surface area contributed by atoms with Crippen LogP contribution in [0.2, 0.25) is 0 Å². The predicted molar refractivity (Wildman–Crippen MR) is 96.8 cm³/mol. The first-order chi connectivity index (χ1) is 12.1. The van der Waals surface area contributed by atoms with Crippen LogP contribution in [-0.2, 0) is 0 Å². The Morgan fingerprint density at radius 2 is 1.68 bits per heavy atom. The second-order valence-electron chi connectivity index (χ2n) is 5.17. The highest BCUT2D eigenvalue weighted by atomic mass is 16.6. The van der Waals surface area contributed by atoms with E-state index in [1.807, 2.05) is 18.2 Å². The van der Waals surface area contributed by atoms with Gasteiger partial charge in [0.05, 0.1) is 16.5 Å². The van der Waals surface area contributed by atoms with Crippen molar-refractivity contribution in [2.75, 3.05) is 5.32 Å². The van der Waals surface area contributed by atoms with Gasteiger partial charge in [0.1, 0.15) is 0 Å². The van der Waals surface area contributed by atoms with Crippen molar-refractivity contribution in [2.45, 2.75) is 0 Å². The van der Waals surface area contributed by atoms with E-state index in [2.05, 4.69) is 15.8 Å². The Balaban J connectivity index is 1.76. The lowest BCUT2D eigenvalue weighted by atomic mass is 10.0. The van der Waals surface area contributed by atoms with Crippen LogP contribution in [0.3, 0.4) is 0 Å². The van der Waals surface area contributed by atoms with Gasteiger partial charge in [0, 0.05) is 17.3 Å². The van der Waals surface area contributed by atoms with Crippen molar-refractivity contribution in [1.82, 2.24) is 5.43 Å². The van der Waals surface area contributed by atoms with E-state index >= 15 is 0 Å². The summed E-state index contributed by atoms with van der Waals surface area (Å²) in [7, 11) is 0. The van der Waals surface area contributed by atoms with Crippen LogP contribution in [0.1, 0.15) is 5.56 Å². The Hall–Kier alpha value is -3.74. The number of nitrogens with zero attached hydrogens (tertiary/aromatic N) is 2. The standard InChI is InChI=1S/C18H14N4O3/c23-18(20-14-7-2-1-3-8-14)21-19-12-13-6-4-10-16-15(13)9-5-11-17(16)22(24)25/h1-12H,(H2,20,21,23)/b19-12+. The number of para-hydroxylation sites is 1. The number of benzene rings is 3. The number of hydrogen-bond donors (Lipinski definition) is 2. The number of carbonyl (C=O) groups excluding carboxylic acids is 1. The zero-order valence-corrected chi connectivity index (χ0v) is 13.0. The molecular weight excluding hydrogens is 320 g/mol. The average molecular weight is 334 g/mol. The number of hydrogen-bond acceptors (Lipinski definition) is 4. The van der Waals surface area contributed by atoms with Crippen LogP contribution in [-0.4, -0.2) is 17.2 Å². The maximum Gasteiger partial charge on any atom is 0.339 e. The van der Waals surface area contributed by atoms with Crippen molar-refractivity contribution in [1.29, 1.82) is 0 Å². The van der Waals surface area contributed by atoms with Crippen LogP contribution in [0, 0.1) is 10.1 Å². The number of urea groups is 1. The van der Waals surface area contributed by atoms with Gasteiger partial charge in [0.25, 0.3) is 5.69 Å². The molecule has 0 aromatic heterocycles. The van der Waals surface area contributed by atoms with Gasteiger partial charge in [-0.2, -0.15) is 5.10 Å². The predicted octanol–water partition coefficient (Wildman–Crippen LogP) is 3.90. The van der Waals surface area contributed by atoms with E-state index < -0.39 is 11.0 Å². The molecule has 0 saturated heterocycles. The Kier molecular flexibility index (Phi) is 4.66. The summed E-state index contributed by atoms with van der Waals surface area (Å²) >= 11 is 0. The van der Waals surface area contributed by atoms with E-state index in [0.29, 0.717) is 22.0 Å². The summed E-state index contributed by atoms with van der Waals surface area (Å²) in [6.07, 6.45) is 1.45. The SMILES string of the molecule is O=C(N/N=C/c1cccc2c([N+](=O)[O-])cccc12)Nc1ccccc1. The minimum absolute atomic E-state index is 0.0301. The molecule has 3 rings (SSSR count). The van der Waals surface area contributed by atoms with Crippen molar-refractivity contribution in [2.24, 2.45) is 5.10 Å². The number of rotatable bonds is 4. The molecule has 0 radical (unpaired) electrons. The van der Waals surface area contributed by atoms with Crippen molar-refractivity contribution in [3.63, 3.8) is 0 Å². The third kappa shape index (κ3) is 3.78. The zero-order valence-electron chi connectivity index (χ0n) is 13.0. The zero-order chi connectivity index (χ0) is 17.6. The molecule has 2 N–H and O–H groups in total. The minimum atomic E-state index is -0.478. The first-order valence-corrected chi connectivity index (χ1v) is 7.46. The fourth-order valence-corrected chi connectivity index (χ4v) is 2.43. The topological polar surface area (TPSA) is 96.6 Å². The Bertz CT molecular complexity index is 955. The number of non-ortho nitro benzene ring substituents is 1. The van der Waals surface area contributed by atoms with Gasteiger partial charge in [-0.15, -0.1) is 0 Å². The molecule has 0 heterocycles. The molecule has 0 saturated carbocycles. The van der Waals surface area contributed by atoms with Crippen molar-refractivity contribution in [3.8, 4) is 0 Å². The van der Waals surface area contributed by atoms with Crippen molar-refractivity contribution < 1.29 is 9.72 Å². The second-order valence-corrected chi connectivity index (χ2v) is 5.17. The maximum atomic E-state index is 11.8. The van der Waals surface area contributed by atoms with Gasteiger partial charge in [-0.25, -0.2) is 10.2 Å². The lowest BCUT2D eigenvalue weighted by molar-refractivity contribution is -0.383. The lowest BCUT2D eigenvalue weighted by Crippen LogP contribution is -2.24. The summed E-state index contributed by atoms with van der Waals surface area (Å²) in [6, 6.07) is 18.5. The molecule has 0 spiro atoms. The van der Waals surface area contributed by atoms with Crippen LogP contribution >= 0.6 is 0 Å². The summed E-state index contributed by atoms with van der Waals surface area (Å²) < 4.78 is 0. The van der Waals surface area contributed by atoms with Crippen molar-refractivity contribution in [3.05, 3.63) is 82.4 Å². The van der Waals surface area contributed by atoms with Crippen LogP contribution in [0.25, 0.3) is 10.8 Å². The summed E-state index contributed by atoms with van der Waals surface area (Å²) in [5.41, 5.74) is 3.71. The highest BCUT2D eigenvalue weighted by molar-refractivity contribution is 6.03. The third-order valence-electron chi connectivity index (χ3n) is 3.53. The van der Waals surface area contributed by atoms with Crippen LogP contribution in [0.15, 0.2) is 71.8 Å². The highest BCUT2D eigenvalue weighted by Gasteiger charge is 2.12. The van der Waals surface area contributed by atoms with Gasteiger partial charge in [-0.05, 0) is 23.6 Å². The van der Waals surface area contributed by atoms with E-state index in [1.54, 1.807) is 42.5 Å². The second kappa shape index (κ2) is 7.22. The number of nitro benzene ring substituents is 1. The molecule has 2 amide bonds. The number of hydrazone groups is 1. The molecule has 3 aromatic rings. The van der Waals surface area contributed by atoms with Gasteiger partial charge in [-0.3, -0.25) is 10.1 Å². The number of fused-ring (bicyclic) bond motifs is 1. The molecule has 0 aliphatic rings. The number of nitrogens with one attached hydrogen (secondary N) is 2. The Morgan fingerprint density at radius 3 is 2.44 bits per heavy atom. The number of nitro groups is 1. The van der Waals surface area contributed by atoms with Crippen molar-refractivity contribution >= 4 is 34.4 Å². The van der Waals surface area contributed by atoms with E-state index in [1.165, 1.54) is 12.3 Å². The molecule has 0 aliphatic heterocycles. The molecule has 0 unspecified atom stereocenters. The van der Waals surface area contributed by atoms with Crippen LogP contribution in [0.5, 0.6) is 0 Å². The first kappa shape index (κ1) is 16.1. The number of amides is 2. The fraction of sp³-hybridized carbons (Fsp3) is 0. The maximum absolute atomic E-state index is 11.8. The Labute approximate surface area is 143 Å². The van der Waals surface area contributed by atoms with Gasteiger partial charge in [0.15, 0.2) is 0 Å². The summed E-state index contributed by atoms with van der Waals surface area (Å²) in [4.78, 5) is 22.5. The molecule has 124 valence electrons. The van der Waals surface area contributed by atoms with Gasteiger partial charge in [0.2, 0.25) is 0 Å². The van der Waals surface area contributed by atoms with Gasteiger partial charge in [-0.1, -0.05) is 42.5 Å². The summed E-state index contributed by atoms with van der Waals surface area (Å²) in [6.45, 7) is 0. The molecule has 0 bridgehead atoms. The molecule has 0 fully saturated rings. The summed E-state index contributed by atoms with van der Waals surface area (Å²) in [5, 5.41) is 18.9. The smallest absolute Gasteiger partial charge is 0.307 e. The van der Waals surface area contributed by atoms with E-state index in [-0.39, 0.29) is 5.69 Å². The quantitative estimate of drug-likeness (QED) is 0.430. The number of anilines is 1. The average Bonchev–Trinajstić information content (AvgIpc) is 2.62. The monoisotopic (exact) mass is 334 g/mol. The van der Waals surface area contributed by atoms with Gasteiger partial charge >= 0.3 is 6.03 Å². The van der Waals surface area contributed by atoms with Gasteiger partial charge < -0.3 is 5.32 Å². The molecule has 0 atom stereocenters. The molecule has 0 aliphatic carbocycles. The highest BCUT2D eigenvalue weighted by Crippen LogP contribution is 2.26. The molecular formula is C18H14N4O3. The largest absolute Gasteiger partial charge is 0.339 e. The Morgan fingerprint density at radius 1 is 0.960 bits per heavy atom. The minimum Gasteiger partial charge on any atom is -0.307 e. The van der Waals surface area contributed by atoms with E-state index in [4.69, 9.17) is 0 Å². The first-order valence-electron chi connectivity index (χ1n) is 7.46. The molecule has 7 heteroatoms. The normalized spacial score (nSPS) is 10.7. The lowest BCUT2D eigenvalue weighted by Gasteiger charge is -2.04. The summed E-state index contributed by atoms with van der Waals surface area (Å²) in [5.74, 6) is 0. The molecule has 7 nitrogen and oxygen atoms in total. The van der Waals surface area contributed by atoms with Crippen LogP contribution < -0.4 is 10.7 Å². The molecule has 25 heavy (non-hydrogen) atoms. The third-order valence-corrected chi connectivity index (χ3v) is 3.53. The van der Waals surface area contributed by atoms with Crippen LogP contribution in [0.4, 0.5) is 16.2 Å². The van der Waals surface area contributed by atoms with E-state index in [9.17, 15) is 14.9 Å². The van der Waals surface area contributed by atoms with E-state index in [0.717, 1.165) is 0 Å². The number of carbonyl (C=O) groups is 1. The molecule has 3 aromatic carbocycles. The fourth-order valence-electron chi connectivity index (χ4n) is 2.43.